The van der Waals surface area contributed by atoms with Gasteiger partial charge in [-0.15, -0.1) is 11.3 Å². The van der Waals surface area contributed by atoms with Gasteiger partial charge < -0.3 is 10.6 Å². The molecule has 1 aromatic heterocycles. The van der Waals surface area contributed by atoms with Crippen molar-refractivity contribution in [3.05, 3.63) is 71.0 Å². The van der Waals surface area contributed by atoms with E-state index in [1.165, 1.54) is 41.8 Å². The number of urea groups is 1. The third-order valence-electron chi connectivity index (χ3n) is 4.01. The molecule has 0 radical (unpaired) electrons. The van der Waals surface area contributed by atoms with E-state index < -0.39 is 27.8 Å². The van der Waals surface area contributed by atoms with Crippen molar-refractivity contribution in [1.29, 1.82) is 0 Å². The fraction of sp³-hybridized carbons (Fsp3) is 0.105. The number of rotatable bonds is 7. The van der Waals surface area contributed by atoms with Crippen LogP contribution in [0, 0.1) is 5.82 Å². The first-order chi connectivity index (χ1) is 14.7. The molecule has 0 unspecified atom stereocenters. The van der Waals surface area contributed by atoms with Crippen LogP contribution in [0.5, 0.6) is 0 Å². The van der Waals surface area contributed by atoms with E-state index in [0.29, 0.717) is 18.7 Å². The maximum absolute atomic E-state index is 12.9. The van der Waals surface area contributed by atoms with Crippen LogP contribution in [-0.2, 0) is 16.4 Å². The largest absolute Gasteiger partial charge is 0.350 e. The second-order valence-electron chi connectivity index (χ2n) is 6.32. The molecule has 9 nitrogen and oxygen atoms in total. The summed E-state index contributed by atoms with van der Waals surface area (Å²) in [4.78, 5) is 28.3. The average molecular weight is 464 g/mol. The van der Waals surface area contributed by atoms with Crippen LogP contribution < -0.4 is 21.1 Å². The van der Waals surface area contributed by atoms with Gasteiger partial charge in [0.1, 0.15) is 11.5 Å². The number of thiazole rings is 1. The van der Waals surface area contributed by atoms with Crippen molar-refractivity contribution in [2.75, 3.05) is 17.2 Å². The van der Waals surface area contributed by atoms with Crippen molar-refractivity contribution in [3.8, 4) is 0 Å². The second-order valence-corrected chi connectivity index (χ2v) is 8.74. The molecule has 5 N–H and O–H groups in total. The molecule has 162 valence electrons. The van der Waals surface area contributed by atoms with E-state index in [2.05, 4.69) is 20.9 Å². The van der Waals surface area contributed by atoms with Gasteiger partial charge in [-0.2, -0.15) is 0 Å². The molecule has 0 bridgehead atoms. The van der Waals surface area contributed by atoms with Gasteiger partial charge in [-0.05, 0) is 48.4 Å². The van der Waals surface area contributed by atoms with Crippen LogP contribution in [0.4, 0.5) is 20.0 Å². The second kappa shape index (κ2) is 9.64. The number of nitrogens with two attached hydrogens (primary N) is 1. The molecular weight excluding hydrogens is 445 g/mol. The monoisotopic (exact) mass is 463 g/mol. The van der Waals surface area contributed by atoms with Crippen LogP contribution in [0.25, 0.3) is 0 Å². The number of hydrogen-bond donors (Lipinski definition) is 4. The summed E-state index contributed by atoms with van der Waals surface area (Å²) in [6.07, 6.45) is 0.478. The lowest BCUT2D eigenvalue weighted by molar-refractivity contribution is 0.0950. The molecule has 2 aromatic carbocycles. The Bertz CT molecular complexity index is 1180. The summed E-state index contributed by atoms with van der Waals surface area (Å²) in [6, 6.07) is 10.7. The van der Waals surface area contributed by atoms with Crippen molar-refractivity contribution < 1.29 is 22.4 Å². The van der Waals surface area contributed by atoms with Crippen LogP contribution in [0.3, 0.4) is 0 Å². The summed E-state index contributed by atoms with van der Waals surface area (Å²) in [5.41, 5.74) is 1.38. The van der Waals surface area contributed by atoms with Crippen molar-refractivity contribution in [1.82, 2.24) is 10.3 Å². The topological polar surface area (TPSA) is 143 Å². The number of carbonyl (C=O) groups excluding carboxylic acids is 2. The minimum atomic E-state index is -3.74. The quantitative estimate of drug-likeness (QED) is 0.426. The van der Waals surface area contributed by atoms with Gasteiger partial charge in [0.2, 0.25) is 10.0 Å². The third kappa shape index (κ3) is 6.57. The molecule has 1 heterocycles. The Morgan fingerprint density at radius 2 is 1.71 bits per heavy atom. The Morgan fingerprint density at radius 3 is 2.35 bits per heavy atom. The number of carbonyl (C=O) groups is 2. The lowest BCUT2D eigenvalue weighted by atomic mass is 10.1. The first-order valence-corrected chi connectivity index (χ1v) is 11.3. The lowest BCUT2D eigenvalue weighted by Crippen LogP contribution is -2.26. The molecule has 31 heavy (non-hydrogen) atoms. The highest BCUT2D eigenvalue weighted by Crippen LogP contribution is 2.16. The van der Waals surface area contributed by atoms with Gasteiger partial charge in [-0.25, -0.2) is 27.7 Å². The van der Waals surface area contributed by atoms with E-state index in [9.17, 15) is 22.4 Å². The van der Waals surface area contributed by atoms with E-state index in [0.717, 1.165) is 16.9 Å². The van der Waals surface area contributed by atoms with Crippen LogP contribution in [0.2, 0.25) is 0 Å². The zero-order valence-electron chi connectivity index (χ0n) is 16.0. The van der Waals surface area contributed by atoms with Crippen molar-refractivity contribution in [3.63, 3.8) is 0 Å². The number of sulfonamides is 1. The first kappa shape index (κ1) is 22.3. The van der Waals surface area contributed by atoms with E-state index >= 15 is 0 Å². The van der Waals surface area contributed by atoms with Gasteiger partial charge in [-0.1, -0.05) is 12.1 Å². The summed E-state index contributed by atoms with van der Waals surface area (Å²) in [5, 5.41) is 14.5. The van der Waals surface area contributed by atoms with Gasteiger partial charge >= 0.3 is 6.03 Å². The van der Waals surface area contributed by atoms with Gasteiger partial charge in [0, 0.05) is 17.6 Å². The van der Waals surface area contributed by atoms with Crippen molar-refractivity contribution in [2.24, 2.45) is 5.14 Å². The number of nitrogens with zero attached hydrogens (tertiary/aromatic N) is 1. The molecule has 0 fully saturated rings. The Balaban J connectivity index is 1.47. The van der Waals surface area contributed by atoms with E-state index in [4.69, 9.17) is 5.14 Å². The summed E-state index contributed by atoms with van der Waals surface area (Å²) in [7, 11) is -3.74. The van der Waals surface area contributed by atoms with Crippen LogP contribution in [0.1, 0.15) is 16.1 Å². The molecule has 0 spiro atoms. The molecule has 12 heteroatoms. The summed E-state index contributed by atoms with van der Waals surface area (Å²) >= 11 is 1.08. The zero-order chi connectivity index (χ0) is 22.4. The predicted molar refractivity (Wildman–Crippen MR) is 115 cm³/mol. The molecule has 0 aliphatic heterocycles. The van der Waals surface area contributed by atoms with Crippen LogP contribution in [-0.4, -0.2) is 31.9 Å². The van der Waals surface area contributed by atoms with E-state index in [1.807, 2.05) is 0 Å². The smallest absolute Gasteiger partial charge is 0.325 e. The fourth-order valence-electron chi connectivity index (χ4n) is 2.48. The lowest BCUT2D eigenvalue weighted by Gasteiger charge is -2.05. The molecule has 0 saturated heterocycles. The Hall–Kier alpha value is -3.35. The number of aromatic nitrogens is 1. The number of halogens is 1. The van der Waals surface area contributed by atoms with Crippen LogP contribution in [0.15, 0.2) is 58.8 Å². The normalized spacial score (nSPS) is 11.0. The highest BCUT2D eigenvalue weighted by molar-refractivity contribution is 7.89. The summed E-state index contributed by atoms with van der Waals surface area (Å²) in [6.45, 7) is 0.304. The summed E-state index contributed by atoms with van der Waals surface area (Å²) < 4.78 is 35.4. The maximum Gasteiger partial charge on any atom is 0.325 e. The van der Waals surface area contributed by atoms with Crippen molar-refractivity contribution >= 4 is 44.1 Å². The van der Waals surface area contributed by atoms with E-state index in [-0.39, 0.29) is 15.7 Å². The highest BCUT2D eigenvalue weighted by atomic mass is 32.2. The maximum atomic E-state index is 12.9. The Morgan fingerprint density at radius 1 is 1.03 bits per heavy atom. The first-order valence-electron chi connectivity index (χ1n) is 8.90. The molecule has 3 amide bonds. The van der Waals surface area contributed by atoms with Gasteiger partial charge in [-0.3, -0.25) is 10.1 Å². The van der Waals surface area contributed by atoms with Crippen LogP contribution >= 0.6 is 11.3 Å². The molecular formula is C19H18FN5O4S2. The molecule has 3 aromatic rings. The number of nitrogens with one attached hydrogen (secondary N) is 3. The number of primary sulfonamides is 1. The standard InChI is InChI=1S/C19H18FN5O4S2/c20-13-3-5-14(6-4-13)23-18(27)25-19-24-16(11-30-19)17(26)22-10-9-12-1-7-15(8-2-12)31(21,28)29/h1-8,11H,9-10H2,(H,22,26)(H2,21,28,29)(H2,23,24,25,27). The molecule has 3 rings (SSSR count). The van der Waals surface area contributed by atoms with Gasteiger partial charge in [0.05, 0.1) is 4.90 Å². The van der Waals surface area contributed by atoms with Gasteiger partial charge in [0.25, 0.3) is 5.91 Å². The minimum Gasteiger partial charge on any atom is -0.350 e. The molecule has 0 aliphatic rings. The molecule has 0 saturated carbocycles. The SMILES string of the molecule is NS(=O)(=O)c1ccc(CCNC(=O)c2csc(NC(=O)Nc3ccc(F)cc3)n2)cc1. The minimum absolute atomic E-state index is 0.0197. The number of benzene rings is 2. The number of amides is 3. The average Bonchev–Trinajstić information content (AvgIpc) is 3.18. The fourth-order valence-corrected chi connectivity index (χ4v) is 3.69. The Labute approximate surface area is 181 Å². The number of hydrogen-bond acceptors (Lipinski definition) is 6. The molecule has 0 atom stereocenters. The van der Waals surface area contributed by atoms with E-state index in [1.54, 1.807) is 12.1 Å². The highest BCUT2D eigenvalue weighted by Gasteiger charge is 2.13. The van der Waals surface area contributed by atoms with Gasteiger partial charge in [0.15, 0.2) is 5.13 Å². The predicted octanol–water partition coefficient (Wildman–Crippen LogP) is 2.55. The Kier molecular flexibility index (Phi) is 6.95. The number of anilines is 2. The van der Waals surface area contributed by atoms with Crippen molar-refractivity contribution in [2.45, 2.75) is 11.3 Å². The third-order valence-corrected chi connectivity index (χ3v) is 5.70. The molecule has 0 aliphatic carbocycles. The summed E-state index contributed by atoms with van der Waals surface area (Å²) in [5.74, 6) is -0.827. The zero-order valence-corrected chi connectivity index (χ0v) is 17.6.